The minimum absolute atomic E-state index is 0.0349. The van der Waals surface area contributed by atoms with Crippen LogP contribution in [0.4, 0.5) is 0 Å². The number of benzene rings is 3. The van der Waals surface area contributed by atoms with E-state index in [0.717, 1.165) is 16.2 Å². The van der Waals surface area contributed by atoms with Gasteiger partial charge < -0.3 is 9.15 Å². The zero-order chi connectivity index (χ0) is 17.9. The second-order valence-electron chi connectivity index (χ2n) is 7.01. The summed E-state index contributed by atoms with van der Waals surface area (Å²) in [4.78, 5) is 12.7. The zero-order valence-electron chi connectivity index (χ0n) is 14.7. The summed E-state index contributed by atoms with van der Waals surface area (Å²) in [6.07, 6.45) is 3.89. The third kappa shape index (κ3) is 2.14. The molecule has 3 nitrogen and oxygen atoms in total. The smallest absolute Gasteiger partial charge is 0.193 e. The van der Waals surface area contributed by atoms with E-state index in [4.69, 9.17) is 9.15 Å². The molecule has 1 aliphatic heterocycles. The van der Waals surface area contributed by atoms with E-state index in [1.54, 1.807) is 6.07 Å². The molecule has 3 aromatic carbocycles. The number of hydrogen-bond donors (Lipinski definition) is 0. The van der Waals surface area contributed by atoms with Gasteiger partial charge in [0.25, 0.3) is 0 Å². The molecule has 0 N–H and O–H groups in total. The van der Waals surface area contributed by atoms with Crippen LogP contribution in [-0.4, -0.2) is 6.10 Å². The lowest BCUT2D eigenvalue weighted by atomic mass is 10.00. The highest BCUT2D eigenvalue weighted by atomic mass is 16.6. The van der Waals surface area contributed by atoms with Crippen LogP contribution in [0.3, 0.4) is 0 Å². The first-order valence-electron chi connectivity index (χ1n) is 8.80. The first-order chi connectivity index (χ1) is 12.6. The molecule has 5 rings (SSSR count). The maximum absolute atomic E-state index is 12.7. The Morgan fingerprint density at radius 2 is 1.73 bits per heavy atom. The molecule has 128 valence electrons. The molecule has 4 aromatic rings. The van der Waals surface area contributed by atoms with Crippen molar-refractivity contribution in [3.8, 4) is 0 Å². The molecule has 1 saturated heterocycles. The first-order valence-corrected chi connectivity index (χ1v) is 8.80. The van der Waals surface area contributed by atoms with Gasteiger partial charge in [-0.1, -0.05) is 42.5 Å². The van der Waals surface area contributed by atoms with Crippen molar-refractivity contribution in [3.05, 3.63) is 82.7 Å². The molecule has 2 atom stereocenters. The highest BCUT2D eigenvalue weighted by Gasteiger charge is 2.54. The van der Waals surface area contributed by atoms with Gasteiger partial charge in [0.1, 0.15) is 17.4 Å². The van der Waals surface area contributed by atoms with E-state index in [0.29, 0.717) is 16.7 Å². The summed E-state index contributed by atoms with van der Waals surface area (Å²) >= 11 is 0. The van der Waals surface area contributed by atoms with Gasteiger partial charge in [-0.25, -0.2) is 0 Å². The van der Waals surface area contributed by atoms with E-state index in [9.17, 15) is 4.79 Å². The van der Waals surface area contributed by atoms with Crippen LogP contribution in [0.5, 0.6) is 0 Å². The summed E-state index contributed by atoms with van der Waals surface area (Å²) in [6, 6.07) is 17.8. The predicted molar refractivity (Wildman–Crippen MR) is 105 cm³/mol. The van der Waals surface area contributed by atoms with Crippen molar-refractivity contribution in [2.45, 2.75) is 25.6 Å². The SMILES string of the molecule is C/C=C/[C@@H]1O[C@]1(C)c1cc(=O)c2ccc3cc4ccccc4cc3c2o1. The Bertz CT molecular complexity index is 1270. The number of allylic oxidation sites excluding steroid dienone is 1. The summed E-state index contributed by atoms with van der Waals surface area (Å²) in [5.41, 5.74) is 0.0257. The Morgan fingerprint density at radius 3 is 2.50 bits per heavy atom. The van der Waals surface area contributed by atoms with Crippen LogP contribution in [0.25, 0.3) is 32.5 Å². The molecule has 1 fully saturated rings. The molecule has 26 heavy (non-hydrogen) atoms. The maximum atomic E-state index is 12.7. The van der Waals surface area contributed by atoms with Gasteiger partial charge in [-0.3, -0.25) is 4.79 Å². The Morgan fingerprint density at radius 1 is 0.962 bits per heavy atom. The number of rotatable bonds is 2. The van der Waals surface area contributed by atoms with E-state index in [1.807, 2.05) is 50.3 Å². The van der Waals surface area contributed by atoms with Crippen LogP contribution in [0.15, 0.2) is 76.0 Å². The fraction of sp³-hybridized carbons (Fsp3) is 0.174. The molecule has 0 spiro atoms. The van der Waals surface area contributed by atoms with E-state index in [-0.39, 0.29) is 11.5 Å². The highest BCUT2D eigenvalue weighted by molar-refractivity contribution is 6.09. The normalized spacial score (nSPS) is 22.6. The summed E-state index contributed by atoms with van der Waals surface area (Å²) in [7, 11) is 0. The van der Waals surface area contributed by atoms with Crippen LogP contribution in [0.1, 0.15) is 19.6 Å². The number of ether oxygens (including phenoxy) is 1. The molecule has 2 heterocycles. The molecule has 0 aliphatic carbocycles. The number of fused-ring (bicyclic) bond motifs is 4. The van der Waals surface area contributed by atoms with Crippen LogP contribution in [-0.2, 0) is 10.3 Å². The van der Waals surface area contributed by atoms with E-state index in [2.05, 4.69) is 24.3 Å². The van der Waals surface area contributed by atoms with Crippen LogP contribution < -0.4 is 5.43 Å². The lowest BCUT2D eigenvalue weighted by molar-refractivity contribution is 0.283. The third-order valence-corrected chi connectivity index (χ3v) is 5.29. The molecule has 0 amide bonds. The summed E-state index contributed by atoms with van der Waals surface area (Å²) < 4.78 is 12.0. The van der Waals surface area contributed by atoms with E-state index >= 15 is 0 Å². The Hall–Kier alpha value is -2.91. The highest BCUT2D eigenvalue weighted by Crippen LogP contribution is 2.47. The van der Waals surface area contributed by atoms with E-state index in [1.165, 1.54) is 5.39 Å². The molecule has 1 aromatic heterocycles. The van der Waals surface area contributed by atoms with Gasteiger partial charge in [-0.05, 0) is 48.2 Å². The van der Waals surface area contributed by atoms with Gasteiger partial charge in [0.05, 0.1) is 5.39 Å². The second kappa shape index (κ2) is 5.29. The van der Waals surface area contributed by atoms with Crippen molar-refractivity contribution in [2.24, 2.45) is 0 Å². The second-order valence-corrected chi connectivity index (χ2v) is 7.01. The average molecular weight is 342 g/mol. The van der Waals surface area contributed by atoms with Gasteiger partial charge in [0.2, 0.25) is 0 Å². The maximum Gasteiger partial charge on any atom is 0.193 e. The van der Waals surface area contributed by atoms with Gasteiger partial charge >= 0.3 is 0 Å². The van der Waals surface area contributed by atoms with Gasteiger partial charge in [-0.2, -0.15) is 0 Å². The zero-order valence-corrected chi connectivity index (χ0v) is 14.7. The first kappa shape index (κ1) is 15.4. The van der Waals surface area contributed by atoms with Crippen LogP contribution >= 0.6 is 0 Å². The van der Waals surface area contributed by atoms with Crippen LogP contribution in [0, 0.1) is 0 Å². The molecule has 0 unspecified atom stereocenters. The van der Waals surface area contributed by atoms with Crippen molar-refractivity contribution in [3.63, 3.8) is 0 Å². The molecule has 0 radical (unpaired) electrons. The lowest BCUT2D eigenvalue weighted by Gasteiger charge is -2.09. The van der Waals surface area contributed by atoms with Crippen molar-refractivity contribution in [2.75, 3.05) is 0 Å². The monoisotopic (exact) mass is 342 g/mol. The molecule has 0 bridgehead atoms. The summed E-state index contributed by atoms with van der Waals surface area (Å²) in [6.45, 7) is 3.92. The van der Waals surface area contributed by atoms with Gasteiger partial charge in [-0.15, -0.1) is 0 Å². The van der Waals surface area contributed by atoms with Crippen molar-refractivity contribution >= 4 is 32.5 Å². The third-order valence-electron chi connectivity index (χ3n) is 5.29. The van der Waals surface area contributed by atoms with Crippen molar-refractivity contribution in [1.29, 1.82) is 0 Å². The largest absolute Gasteiger partial charge is 0.457 e. The van der Waals surface area contributed by atoms with Gasteiger partial charge in [0, 0.05) is 11.5 Å². The average Bonchev–Trinajstić information content (AvgIpc) is 3.31. The fourth-order valence-electron chi connectivity index (χ4n) is 3.70. The van der Waals surface area contributed by atoms with E-state index < -0.39 is 5.60 Å². The van der Waals surface area contributed by atoms with Crippen molar-refractivity contribution < 1.29 is 9.15 Å². The standard InChI is InChI=1S/C23H18O3/c1-3-6-20-23(2,26-20)21-13-19(24)17-10-9-16-11-14-7-4-5-8-15(14)12-18(16)22(17)25-21/h3-13,20H,1-2H3/b6-3+/t20-,23-/m0/s1. The molecular formula is C23H18O3. The number of hydrogen-bond acceptors (Lipinski definition) is 3. The van der Waals surface area contributed by atoms with Crippen LogP contribution in [0.2, 0.25) is 0 Å². The fourth-order valence-corrected chi connectivity index (χ4v) is 3.70. The Balaban J connectivity index is 1.82. The molecule has 1 aliphatic rings. The summed E-state index contributed by atoms with van der Waals surface area (Å²) in [5.74, 6) is 0.582. The van der Waals surface area contributed by atoms with Gasteiger partial charge in [0.15, 0.2) is 11.0 Å². The topological polar surface area (TPSA) is 42.7 Å². The predicted octanol–water partition coefficient (Wildman–Crippen LogP) is 5.29. The Labute approximate surface area is 150 Å². The molecular weight excluding hydrogens is 324 g/mol. The molecule has 0 saturated carbocycles. The lowest BCUT2D eigenvalue weighted by Crippen LogP contribution is -2.11. The minimum Gasteiger partial charge on any atom is -0.457 e. The summed E-state index contributed by atoms with van der Waals surface area (Å²) in [5, 5.41) is 4.91. The Kier molecular flexibility index (Phi) is 3.12. The quantitative estimate of drug-likeness (QED) is 0.215. The minimum atomic E-state index is -0.571. The molecule has 3 heteroatoms. The number of epoxide rings is 1. The van der Waals surface area contributed by atoms with Crippen molar-refractivity contribution in [1.82, 2.24) is 0 Å².